The Kier molecular flexibility index (Phi) is 9.08. The zero-order valence-electron chi connectivity index (χ0n) is 16.9. The van der Waals surface area contributed by atoms with E-state index in [1.165, 1.54) is 22.2 Å². The van der Waals surface area contributed by atoms with Crippen LogP contribution in [0.2, 0.25) is 0 Å². The molecule has 0 saturated carbocycles. The summed E-state index contributed by atoms with van der Waals surface area (Å²) in [6, 6.07) is 8.37. The summed E-state index contributed by atoms with van der Waals surface area (Å²) in [6.45, 7) is 9.82. The summed E-state index contributed by atoms with van der Waals surface area (Å²) in [4.78, 5) is 19.5. The van der Waals surface area contributed by atoms with Crippen LogP contribution in [0.1, 0.15) is 32.0 Å². The van der Waals surface area contributed by atoms with E-state index in [1.54, 1.807) is 7.05 Å². The van der Waals surface area contributed by atoms with Gasteiger partial charge in [-0.15, -0.1) is 24.0 Å². The maximum absolute atomic E-state index is 11.8. The molecule has 1 heterocycles. The van der Waals surface area contributed by atoms with Crippen LogP contribution in [0.25, 0.3) is 10.9 Å². The van der Waals surface area contributed by atoms with Gasteiger partial charge in [0.1, 0.15) is 0 Å². The van der Waals surface area contributed by atoms with Crippen LogP contribution in [0.3, 0.4) is 0 Å². The fraction of sp³-hybridized carbons (Fsp3) is 0.500. The maximum Gasteiger partial charge on any atom is 0.225 e. The van der Waals surface area contributed by atoms with Crippen LogP contribution >= 0.6 is 24.0 Å². The Balaban J connectivity index is 0.00000364. The molecule has 0 atom stereocenters. The number of aromatic nitrogens is 1. The van der Waals surface area contributed by atoms with Gasteiger partial charge in [-0.25, -0.2) is 0 Å². The van der Waals surface area contributed by atoms with Crippen molar-refractivity contribution < 1.29 is 4.79 Å². The predicted molar refractivity (Wildman–Crippen MR) is 124 cm³/mol. The first kappa shape index (κ1) is 23.3. The van der Waals surface area contributed by atoms with Gasteiger partial charge in [0.05, 0.1) is 0 Å². The predicted octanol–water partition coefficient (Wildman–Crippen LogP) is 2.96. The number of fused-ring (bicyclic) bond motifs is 1. The number of hydrogen-bond donors (Lipinski definition) is 4. The molecule has 0 radical (unpaired) electrons. The van der Waals surface area contributed by atoms with E-state index in [9.17, 15) is 4.79 Å². The van der Waals surface area contributed by atoms with E-state index in [0.717, 1.165) is 18.9 Å². The minimum Gasteiger partial charge on any atom is -0.358 e. The molecule has 7 heteroatoms. The smallest absolute Gasteiger partial charge is 0.225 e. The number of nitrogens with one attached hydrogen (secondary N) is 4. The lowest BCUT2D eigenvalue weighted by Gasteiger charge is -2.18. The first-order valence-corrected chi connectivity index (χ1v) is 9.12. The monoisotopic (exact) mass is 485 g/mol. The van der Waals surface area contributed by atoms with Crippen LogP contribution in [-0.2, 0) is 11.2 Å². The summed E-state index contributed by atoms with van der Waals surface area (Å²) in [5, 5.41) is 10.8. The van der Waals surface area contributed by atoms with E-state index in [-0.39, 0.29) is 35.3 Å². The number of hydrogen-bond acceptors (Lipinski definition) is 2. The van der Waals surface area contributed by atoms with Gasteiger partial charge in [0.15, 0.2) is 5.96 Å². The molecule has 150 valence electrons. The van der Waals surface area contributed by atoms with E-state index in [4.69, 9.17) is 0 Å². The largest absolute Gasteiger partial charge is 0.358 e. The molecule has 27 heavy (non-hydrogen) atoms. The van der Waals surface area contributed by atoms with Crippen LogP contribution in [0.15, 0.2) is 29.3 Å². The average Bonchev–Trinajstić information content (AvgIpc) is 2.91. The minimum absolute atomic E-state index is 0. The van der Waals surface area contributed by atoms with Gasteiger partial charge < -0.3 is 20.9 Å². The van der Waals surface area contributed by atoms with Gasteiger partial charge >= 0.3 is 0 Å². The summed E-state index contributed by atoms with van der Waals surface area (Å²) in [5.74, 6) is 0.796. The third kappa shape index (κ3) is 6.71. The lowest BCUT2D eigenvalue weighted by molar-refractivity contribution is -0.128. The molecule has 0 aliphatic carbocycles. The molecular formula is C20H32IN5O. The summed E-state index contributed by atoms with van der Waals surface area (Å²) in [6.07, 6.45) is 0.914. The van der Waals surface area contributed by atoms with Crippen LogP contribution in [0.4, 0.5) is 0 Å². The highest BCUT2D eigenvalue weighted by Gasteiger charge is 2.20. The summed E-state index contributed by atoms with van der Waals surface area (Å²) in [7, 11) is 1.75. The Labute approximate surface area is 179 Å². The quantitative estimate of drug-likeness (QED) is 0.220. The molecular weight excluding hydrogens is 453 g/mol. The fourth-order valence-electron chi connectivity index (χ4n) is 2.81. The molecule has 2 rings (SSSR count). The molecule has 0 aliphatic rings. The highest BCUT2D eigenvalue weighted by Crippen LogP contribution is 2.21. The van der Waals surface area contributed by atoms with Crippen LogP contribution in [0, 0.1) is 12.3 Å². The van der Waals surface area contributed by atoms with Gasteiger partial charge in [0.2, 0.25) is 5.91 Å². The van der Waals surface area contributed by atoms with E-state index >= 15 is 0 Å². The second-order valence-electron chi connectivity index (χ2n) is 7.46. The van der Waals surface area contributed by atoms with Crippen molar-refractivity contribution >= 4 is 46.7 Å². The maximum atomic E-state index is 11.8. The third-order valence-electron chi connectivity index (χ3n) is 4.30. The number of aryl methyl sites for hydroxylation is 1. The number of halogens is 1. The molecule has 0 fully saturated rings. The van der Waals surface area contributed by atoms with Crippen molar-refractivity contribution in [3.8, 4) is 0 Å². The Morgan fingerprint density at radius 2 is 1.70 bits per heavy atom. The van der Waals surface area contributed by atoms with Gasteiger partial charge in [0.25, 0.3) is 0 Å². The van der Waals surface area contributed by atoms with Crippen molar-refractivity contribution in [3.05, 3.63) is 35.5 Å². The van der Waals surface area contributed by atoms with Crippen molar-refractivity contribution in [2.75, 3.05) is 26.7 Å². The number of aliphatic imine (C=N–C) groups is 1. The molecule has 0 bridgehead atoms. The number of H-pyrrole nitrogens is 1. The zero-order chi connectivity index (χ0) is 19.2. The van der Waals surface area contributed by atoms with Crippen molar-refractivity contribution in [1.29, 1.82) is 0 Å². The SMILES string of the molecule is CN=C(NCCNC(=O)C(C)(C)C)NCCc1c(C)[nH]c2ccccc12.I. The van der Waals surface area contributed by atoms with E-state index in [2.05, 4.69) is 51.0 Å². The van der Waals surface area contributed by atoms with Crippen molar-refractivity contribution in [2.45, 2.75) is 34.1 Å². The third-order valence-corrected chi connectivity index (χ3v) is 4.30. The topological polar surface area (TPSA) is 81.3 Å². The number of guanidine groups is 1. The van der Waals surface area contributed by atoms with Crippen molar-refractivity contribution in [1.82, 2.24) is 20.9 Å². The highest BCUT2D eigenvalue weighted by atomic mass is 127. The first-order valence-electron chi connectivity index (χ1n) is 9.12. The summed E-state index contributed by atoms with van der Waals surface area (Å²) in [5.41, 5.74) is 3.36. The highest BCUT2D eigenvalue weighted by molar-refractivity contribution is 14.0. The molecule has 1 amide bonds. The van der Waals surface area contributed by atoms with Gasteiger partial charge in [0, 0.05) is 48.7 Å². The molecule has 1 aromatic carbocycles. The molecule has 2 aromatic rings. The Bertz CT molecular complexity index is 776. The average molecular weight is 485 g/mol. The van der Waals surface area contributed by atoms with Crippen LogP contribution < -0.4 is 16.0 Å². The number of carbonyl (C=O) groups excluding carboxylic acids is 1. The van der Waals surface area contributed by atoms with Crippen LogP contribution in [0.5, 0.6) is 0 Å². The van der Waals surface area contributed by atoms with Crippen molar-refractivity contribution in [3.63, 3.8) is 0 Å². The molecule has 0 saturated heterocycles. The number of aromatic amines is 1. The lowest BCUT2D eigenvalue weighted by Crippen LogP contribution is -2.43. The molecule has 6 nitrogen and oxygen atoms in total. The molecule has 0 spiro atoms. The van der Waals surface area contributed by atoms with Gasteiger partial charge in [-0.2, -0.15) is 0 Å². The standard InChI is InChI=1S/C20H31N5O.HI/c1-14-15(16-8-6-7-9-17(16)25-14)10-11-23-19(21-5)24-13-12-22-18(26)20(2,3)4;/h6-9,25H,10-13H2,1-5H3,(H,22,26)(H2,21,23,24);1H. The Hall–Kier alpha value is -1.77. The van der Waals surface area contributed by atoms with Gasteiger partial charge in [-0.3, -0.25) is 9.79 Å². The number of rotatable bonds is 6. The van der Waals surface area contributed by atoms with E-state index in [0.29, 0.717) is 13.1 Å². The fourth-order valence-corrected chi connectivity index (χ4v) is 2.81. The normalized spacial score (nSPS) is 11.8. The number of nitrogens with zero attached hydrogens (tertiary/aromatic N) is 1. The van der Waals surface area contributed by atoms with Crippen molar-refractivity contribution in [2.24, 2.45) is 10.4 Å². The number of benzene rings is 1. The Morgan fingerprint density at radius 3 is 2.37 bits per heavy atom. The minimum atomic E-state index is -0.364. The second kappa shape index (κ2) is 10.5. The molecule has 0 unspecified atom stereocenters. The first-order chi connectivity index (χ1) is 12.3. The summed E-state index contributed by atoms with van der Waals surface area (Å²) >= 11 is 0. The molecule has 4 N–H and O–H groups in total. The van der Waals surface area contributed by atoms with Crippen LogP contribution in [-0.4, -0.2) is 43.5 Å². The van der Waals surface area contributed by atoms with Gasteiger partial charge in [-0.05, 0) is 25.0 Å². The van der Waals surface area contributed by atoms with E-state index < -0.39 is 0 Å². The van der Waals surface area contributed by atoms with Gasteiger partial charge in [-0.1, -0.05) is 39.0 Å². The summed E-state index contributed by atoms with van der Waals surface area (Å²) < 4.78 is 0. The number of amides is 1. The number of para-hydroxylation sites is 1. The Morgan fingerprint density at radius 1 is 1.07 bits per heavy atom. The molecule has 0 aliphatic heterocycles. The second-order valence-corrected chi connectivity index (χ2v) is 7.46. The van der Waals surface area contributed by atoms with E-state index in [1.807, 2.05) is 26.8 Å². The molecule has 1 aromatic heterocycles. The number of carbonyl (C=O) groups is 1. The lowest BCUT2D eigenvalue weighted by atomic mass is 9.96. The zero-order valence-corrected chi connectivity index (χ0v) is 19.2.